The van der Waals surface area contributed by atoms with Crippen LogP contribution in [-0.4, -0.2) is 85.1 Å². The molecule has 2 aromatic carbocycles. The van der Waals surface area contributed by atoms with Crippen molar-refractivity contribution in [2.75, 3.05) is 68.5 Å². The lowest BCUT2D eigenvalue weighted by molar-refractivity contribution is -0.116. The molecule has 214 valence electrons. The first-order valence-corrected chi connectivity index (χ1v) is 13.7. The number of methoxy groups -OCH3 is 1. The first-order chi connectivity index (χ1) is 19.9. The normalized spacial score (nSPS) is 15.4. The summed E-state index contributed by atoms with van der Waals surface area (Å²) in [7, 11) is 3.78. The summed E-state index contributed by atoms with van der Waals surface area (Å²) in [6, 6.07) is 15.7. The van der Waals surface area contributed by atoms with Gasteiger partial charge >= 0.3 is 6.03 Å². The van der Waals surface area contributed by atoms with E-state index in [2.05, 4.69) is 45.1 Å². The van der Waals surface area contributed by atoms with Crippen LogP contribution in [0, 0.1) is 0 Å². The van der Waals surface area contributed by atoms with E-state index >= 15 is 0 Å². The lowest BCUT2D eigenvalue weighted by Crippen LogP contribution is -2.49. The molecule has 3 heterocycles. The van der Waals surface area contributed by atoms with Crippen LogP contribution in [0.25, 0.3) is 0 Å². The van der Waals surface area contributed by atoms with Crippen LogP contribution in [0.5, 0.6) is 5.75 Å². The summed E-state index contributed by atoms with van der Waals surface area (Å²) in [5, 5.41) is 6.02. The third-order valence-electron chi connectivity index (χ3n) is 7.30. The Balaban J connectivity index is 1.38. The number of ether oxygens (including phenoxy) is 1. The SMILES string of the molecule is C=CC(=O)NCCN1C(=O)N(Cc2ccccc2)Cc2cnc(Nc3ccc(N4CCN(C)CC4)cc3OC)nc21. The quantitative estimate of drug-likeness (QED) is 0.367. The number of likely N-dealkylation sites (N-methyl/N-ethyl adjacent to an activating group) is 1. The van der Waals surface area contributed by atoms with Crippen molar-refractivity contribution in [1.29, 1.82) is 0 Å². The van der Waals surface area contributed by atoms with Gasteiger partial charge in [0.05, 0.1) is 19.3 Å². The number of hydrogen-bond donors (Lipinski definition) is 2. The molecule has 41 heavy (non-hydrogen) atoms. The standard InChI is InChI=1S/C30H36N8O3/c1-4-27(39)31-12-13-38-28-23(21-37(30(38)40)20-22-8-6-5-7-9-22)19-32-29(34-28)33-25-11-10-24(18-26(25)41-3)36-16-14-35(2)15-17-36/h4-11,18-19H,1,12-17,20-21H2,2-3H3,(H,31,39)(H,32,33,34). The van der Waals surface area contributed by atoms with Crippen molar-refractivity contribution in [3.63, 3.8) is 0 Å². The number of urea groups is 1. The second-order valence-corrected chi connectivity index (χ2v) is 10.1. The van der Waals surface area contributed by atoms with Crippen LogP contribution in [0.15, 0.2) is 67.4 Å². The van der Waals surface area contributed by atoms with E-state index in [1.54, 1.807) is 23.1 Å². The molecule has 3 amide bonds. The Bertz CT molecular complexity index is 1390. The van der Waals surface area contributed by atoms with Crippen LogP contribution in [0.2, 0.25) is 0 Å². The van der Waals surface area contributed by atoms with Crippen molar-refractivity contribution in [1.82, 2.24) is 25.1 Å². The van der Waals surface area contributed by atoms with Crippen LogP contribution in [-0.2, 0) is 17.9 Å². The number of carbonyl (C=O) groups excluding carboxylic acids is 2. The highest BCUT2D eigenvalue weighted by Gasteiger charge is 2.32. The van der Waals surface area contributed by atoms with Gasteiger partial charge in [0.1, 0.15) is 11.6 Å². The van der Waals surface area contributed by atoms with E-state index in [0.29, 0.717) is 30.6 Å². The molecular formula is C30H36N8O3. The van der Waals surface area contributed by atoms with Gasteiger partial charge in [-0.1, -0.05) is 36.9 Å². The second-order valence-electron chi connectivity index (χ2n) is 10.1. The lowest BCUT2D eigenvalue weighted by Gasteiger charge is -2.36. The van der Waals surface area contributed by atoms with Crippen LogP contribution in [0.3, 0.4) is 0 Å². The largest absolute Gasteiger partial charge is 0.494 e. The summed E-state index contributed by atoms with van der Waals surface area (Å²) in [4.78, 5) is 42.7. The Morgan fingerprint density at radius 2 is 1.90 bits per heavy atom. The summed E-state index contributed by atoms with van der Waals surface area (Å²) in [5.41, 5.74) is 3.67. The van der Waals surface area contributed by atoms with E-state index in [-0.39, 0.29) is 25.0 Å². The zero-order valence-electron chi connectivity index (χ0n) is 23.5. The smallest absolute Gasteiger partial charge is 0.326 e. The van der Waals surface area contributed by atoms with Crippen LogP contribution < -0.4 is 25.2 Å². The molecule has 1 aromatic heterocycles. The average Bonchev–Trinajstić information content (AvgIpc) is 3.00. The number of hydrogen-bond acceptors (Lipinski definition) is 8. The molecule has 0 aliphatic carbocycles. The van der Waals surface area contributed by atoms with E-state index in [1.807, 2.05) is 42.5 Å². The summed E-state index contributed by atoms with van der Waals surface area (Å²) in [6.07, 6.45) is 2.95. The Kier molecular flexibility index (Phi) is 8.64. The van der Waals surface area contributed by atoms with Gasteiger partial charge in [0.15, 0.2) is 0 Å². The maximum absolute atomic E-state index is 13.6. The number of amides is 3. The Hall–Kier alpha value is -4.64. The summed E-state index contributed by atoms with van der Waals surface area (Å²) >= 11 is 0. The molecule has 0 spiro atoms. The molecule has 1 fully saturated rings. The van der Waals surface area contributed by atoms with Crippen molar-refractivity contribution in [3.8, 4) is 5.75 Å². The Morgan fingerprint density at radius 1 is 1.12 bits per heavy atom. The number of piperazine rings is 1. The van der Waals surface area contributed by atoms with E-state index in [0.717, 1.165) is 48.7 Å². The molecule has 0 unspecified atom stereocenters. The second kappa shape index (κ2) is 12.7. The zero-order chi connectivity index (χ0) is 28.8. The van der Waals surface area contributed by atoms with Crippen LogP contribution in [0.4, 0.5) is 27.9 Å². The van der Waals surface area contributed by atoms with Crippen molar-refractivity contribution in [2.24, 2.45) is 0 Å². The van der Waals surface area contributed by atoms with Crippen molar-refractivity contribution in [3.05, 3.63) is 78.5 Å². The molecule has 1 saturated heterocycles. The molecule has 5 rings (SSSR count). The van der Waals surface area contributed by atoms with Crippen molar-refractivity contribution < 1.29 is 14.3 Å². The van der Waals surface area contributed by atoms with Gasteiger partial charge in [-0.15, -0.1) is 0 Å². The monoisotopic (exact) mass is 556 g/mol. The number of aromatic nitrogens is 2. The number of nitrogens with zero attached hydrogens (tertiary/aromatic N) is 6. The summed E-state index contributed by atoms with van der Waals surface area (Å²) in [5.74, 6) is 1.24. The fourth-order valence-electron chi connectivity index (χ4n) is 4.99. The van der Waals surface area contributed by atoms with E-state index in [1.165, 1.54) is 6.08 Å². The van der Waals surface area contributed by atoms with Gasteiger partial charge in [-0.3, -0.25) is 9.69 Å². The minimum absolute atomic E-state index is 0.187. The molecule has 2 N–H and O–H groups in total. The first kappa shape index (κ1) is 27.9. The molecule has 2 aliphatic rings. The van der Waals surface area contributed by atoms with E-state index < -0.39 is 0 Å². The van der Waals surface area contributed by atoms with Crippen LogP contribution >= 0.6 is 0 Å². The molecular weight excluding hydrogens is 520 g/mol. The van der Waals surface area contributed by atoms with Gasteiger partial charge in [-0.25, -0.2) is 9.78 Å². The molecule has 11 heteroatoms. The molecule has 0 bridgehead atoms. The number of carbonyl (C=O) groups is 2. The van der Waals surface area contributed by atoms with Gasteiger partial charge < -0.3 is 30.1 Å². The lowest BCUT2D eigenvalue weighted by atomic mass is 10.1. The highest BCUT2D eigenvalue weighted by Crippen LogP contribution is 2.33. The summed E-state index contributed by atoms with van der Waals surface area (Å²) in [6.45, 7) is 8.76. The molecule has 0 atom stereocenters. The highest BCUT2D eigenvalue weighted by molar-refractivity contribution is 5.94. The molecule has 0 radical (unpaired) electrons. The molecule has 11 nitrogen and oxygen atoms in total. The fourth-order valence-corrected chi connectivity index (χ4v) is 4.99. The average molecular weight is 557 g/mol. The fraction of sp³-hybridized carbons (Fsp3) is 0.333. The third kappa shape index (κ3) is 6.58. The summed E-state index contributed by atoms with van der Waals surface area (Å²) < 4.78 is 5.70. The molecule has 3 aromatic rings. The van der Waals surface area contributed by atoms with Crippen molar-refractivity contribution >= 4 is 35.1 Å². The number of rotatable bonds is 10. The van der Waals surface area contributed by atoms with E-state index in [4.69, 9.17) is 9.72 Å². The maximum Gasteiger partial charge on any atom is 0.326 e. The van der Waals surface area contributed by atoms with Gasteiger partial charge in [0, 0.05) is 69.3 Å². The zero-order valence-corrected chi connectivity index (χ0v) is 23.5. The predicted octanol–water partition coefficient (Wildman–Crippen LogP) is 3.23. The van der Waals surface area contributed by atoms with Crippen molar-refractivity contribution in [2.45, 2.75) is 13.1 Å². The van der Waals surface area contributed by atoms with Gasteiger partial charge in [0.2, 0.25) is 11.9 Å². The van der Waals surface area contributed by atoms with Gasteiger partial charge in [0.25, 0.3) is 0 Å². The third-order valence-corrected chi connectivity index (χ3v) is 7.30. The molecule has 0 saturated carbocycles. The topological polar surface area (TPSA) is 106 Å². The maximum atomic E-state index is 13.6. The Labute approximate surface area is 240 Å². The predicted molar refractivity (Wildman–Crippen MR) is 160 cm³/mol. The van der Waals surface area contributed by atoms with Gasteiger partial charge in [-0.05, 0) is 30.8 Å². The van der Waals surface area contributed by atoms with Gasteiger partial charge in [-0.2, -0.15) is 4.98 Å². The first-order valence-electron chi connectivity index (χ1n) is 13.7. The number of benzene rings is 2. The Morgan fingerprint density at radius 3 is 2.63 bits per heavy atom. The minimum Gasteiger partial charge on any atom is -0.494 e. The number of nitrogens with one attached hydrogen (secondary N) is 2. The highest BCUT2D eigenvalue weighted by atomic mass is 16.5. The minimum atomic E-state index is -0.298. The van der Waals surface area contributed by atoms with Crippen LogP contribution in [0.1, 0.15) is 11.1 Å². The molecule has 2 aliphatic heterocycles. The number of fused-ring (bicyclic) bond motifs is 1. The van der Waals surface area contributed by atoms with E-state index in [9.17, 15) is 9.59 Å². The number of anilines is 4.